The molecule has 2 rings (SSSR count). The first-order valence-electron chi connectivity index (χ1n) is 7.02. The predicted molar refractivity (Wildman–Crippen MR) is 81.8 cm³/mol. The van der Waals surface area contributed by atoms with E-state index in [-0.39, 0.29) is 12.2 Å². The number of carbonyl (C=O) groups is 2. The summed E-state index contributed by atoms with van der Waals surface area (Å²) in [4.78, 5) is 31.3. The lowest BCUT2D eigenvalue weighted by atomic mass is 10.1. The summed E-state index contributed by atoms with van der Waals surface area (Å²) >= 11 is 0. The van der Waals surface area contributed by atoms with Gasteiger partial charge >= 0.3 is 5.97 Å². The van der Waals surface area contributed by atoms with E-state index in [1.165, 1.54) is 19.5 Å². The molecule has 0 bridgehead atoms. The van der Waals surface area contributed by atoms with Crippen LogP contribution in [0.2, 0.25) is 0 Å². The van der Waals surface area contributed by atoms with Crippen LogP contribution in [0.4, 0.5) is 0 Å². The lowest BCUT2D eigenvalue weighted by Gasteiger charge is -2.03. The lowest BCUT2D eigenvalue weighted by molar-refractivity contribution is 0.0600. The Morgan fingerprint density at radius 1 is 1.04 bits per heavy atom. The molecular formula is C17H15N3O3. The maximum absolute atomic E-state index is 11.5. The highest BCUT2D eigenvalue weighted by atomic mass is 16.5. The molecule has 0 saturated heterocycles. The van der Waals surface area contributed by atoms with Gasteiger partial charge < -0.3 is 4.74 Å². The number of nitriles is 1. The first-order valence-corrected chi connectivity index (χ1v) is 7.02. The first kappa shape index (κ1) is 16.3. The van der Waals surface area contributed by atoms with Gasteiger partial charge in [0.2, 0.25) is 0 Å². The molecule has 0 N–H and O–H groups in total. The normalized spacial score (nSPS) is 9.91. The van der Waals surface area contributed by atoms with Crippen LogP contribution >= 0.6 is 0 Å². The zero-order valence-corrected chi connectivity index (χ0v) is 12.7. The van der Waals surface area contributed by atoms with Gasteiger partial charge in [-0.2, -0.15) is 5.26 Å². The number of esters is 1. The molecule has 0 radical (unpaired) electrons. The van der Waals surface area contributed by atoms with E-state index in [9.17, 15) is 9.59 Å². The molecule has 0 aliphatic heterocycles. The largest absolute Gasteiger partial charge is 0.465 e. The van der Waals surface area contributed by atoms with Crippen molar-refractivity contribution >= 4 is 11.8 Å². The van der Waals surface area contributed by atoms with Gasteiger partial charge in [-0.05, 0) is 37.1 Å². The van der Waals surface area contributed by atoms with E-state index >= 15 is 0 Å². The van der Waals surface area contributed by atoms with Gasteiger partial charge in [0, 0.05) is 29.3 Å². The summed E-state index contributed by atoms with van der Waals surface area (Å²) in [5.41, 5.74) is 2.52. The Morgan fingerprint density at radius 3 is 2.04 bits per heavy atom. The van der Waals surface area contributed by atoms with E-state index in [0.717, 1.165) is 11.4 Å². The van der Waals surface area contributed by atoms with Crippen LogP contribution in [-0.2, 0) is 17.6 Å². The van der Waals surface area contributed by atoms with Crippen LogP contribution in [0.3, 0.4) is 0 Å². The van der Waals surface area contributed by atoms with Crippen molar-refractivity contribution in [2.75, 3.05) is 7.11 Å². The fourth-order valence-corrected chi connectivity index (χ4v) is 1.98. The van der Waals surface area contributed by atoms with Crippen LogP contribution < -0.4 is 0 Å². The number of aryl methyl sites for hydroxylation is 2. The molecular weight excluding hydrogens is 294 g/mol. The van der Waals surface area contributed by atoms with E-state index in [2.05, 4.69) is 14.7 Å². The molecule has 6 nitrogen and oxygen atoms in total. The van der Waals surface area contributed by atoms with Crippen molar-refractivity contribution in [3.63, 3.8) is 0 Å². The molecule has 0 amide bonds. The Bertz CT molecular complexity index is 731. The maximum Gasteiger partial charge on any atom is 0.339 e. The Kier molecular flexibility index (Phi) is 5.53. The Labute approximate surface area is 133 Å². The number of nitrogens with zero attached hydrogens (tertiary/aromatic N) is 3. The second kappa shape index (κ2) is 7.80. The lowest BCUT2D eigenvalue weighted by Crippen LogP contribution is -2.04. The van der Waals surface area contributed by atoms with Crippen LogP contribution in [0.25, 0.3) is 0 Å². The third-order valence-electron chi connectivity index (χ3n) is 3.27. The average Bonchev–Trinajstić information content (AvgIpc) is 2.60. The molecule has 116 valence electrons. The van der Waals surface area contributed by atoms with Crippen molar-refractivity contribution < 1.29 is 14.3 Å². The highest BCUT2D eigenvalue weighted by molar-refractivity contribution is 5.97. The number of ether oxygens (including phenoxy) is 1. The Balaban J connectivity index is 1.94. The van der Waals surface area contributed by atoms with E-state index in [4.69, 9.17) is 5.26 Å². The van der Waals surface area contributed by atoms with Gasteiger partial charge in [-0.1, -0.05) is 0 Å². The van der Waals surface area contributed by atoms with Crippen LogP contribution in [0.15, 0.2) is 36.7 Å². The predicted octanol–water partition coefficient (Wildman–Crippen LogP) is 2.14. The van der Waals surface area contributed by atoms with Crippen molar-refractivity contribution in [2.24, 2.45) is 0 Å². The molecule has 0 aromatic carbocycles. The molecule has 6 heteroatoms. The molecule has 0 aliphatic carbocycles. The first-order chi connectivity index (χ1) is 11.1. The van der Waals surface area contributed by atoms with E-state index < -0.39 is 5.97 Å². The number of hydrogen-bond acceptors (Lipinski definition) is 6. The van der Waals surface area contributed by atoms with Gasteiger partial charge in [0.05, 0.1) is 25.2 Å². The van der Waals surface area contributed by atoms with Crippen molar-refractivity contribution in [2.45, 2.75) is 19.3 Å². The number of aromatic nitrogens is 2. The summed E-state index contributed by atoms with van der Waals surface area (Å²) in [7, 11) is 1.33. The summed E-state index contributed by atoms with van der Waals surface area (Å²) in [5, 5.41) is 8.51. The van der Waals surface area contributed by atoms with Crippen molar-refractivity contribution in [1.29, 1.82) is 5.26 Å². The molecule has 0 spiro atoms. The summed E-state index contributed by atoms with van der Waals surface area (Å²) in [6.07, 6.45) is 4.16. The Morgan fingerprint density at radius 2 is 1.61 bits per heavy atom. The summed E-state index contributed by atoms with van der Waals surface area (Å²) in [6.45, 7) is 0. The highest BCUT2D eigenvalue weighted by Crippen LogP contribution is 2.08. The van der Waals surface area contributed by atoms with E-state index in [1.54, 1.807) is 24.3 Å². The van der Waals surface area contributed by atoms with Gasteiger partial charge in [0.1, 0.15) is 0 Å². The molecule has 0 saturated carbocycles. The smallest absolute Gasteiger partial charge is 0.339 e. The molecule has 23 heavy (non-hydrogen) atoms. The van der Waals surface area contributed by atoms with Crippen LogP contribution in [0.5, 0.6) is 0 Å². The molecule has 2 aromatic rings. The minimum Gasteiger partial charge on any atom is -0.465 e. The number of methoxy groups -OCH3 is 1. The van der Waals surface area contributed by atoms with Crippen LogP contribution in [0, 0.1) is 11.3 Å². The third-order valence-corrected chi connectivity index (χ3v) is 3.27. The van der Waals surface area contributed by atoms with Crippen LogP contribution in [0.1, 0.15) is 38.5 Å². The van der Waals surface area contributed by atoms with Crippen LogP contribution in [-0.4, -0.2) is 28.8 Å². The molecule has 2 heterocycles. The SMILES string of the molecule is COC(=O)c1ccc(CCc2ccc(C(=O)CC#N)cn2)nc1. The second-order valence-electron chi connectivity index (χ2n) is 4.83. The zero-order valence-electron chi connectivity index (χ0n) is 12.7. The fraction of sp³-hybridized carbons (Fsp3) is 0.235. The number of carbonyl (C=O) groups excluding carboxylic acids is 2. The standard InChI is InChI=1S/C17H15N3O3/c1-23-17(22)13-3-5-15(20-11-13)7-6-14-4-2-12(10-19-14)16(21)8-9-18/h2-5,10-11H,6-8H2,1H3. The minimum atomic E-state index is -0.414. The molecule has 0 fully saturated rings. The number of ketones is 1. The summed E-state index contributed by atoms with van der Waals surface area (Å²) in [5.74, 6) is -0.644. The van der Waals surface area contributed by atoms with Gasteiger partial charge in [0.25, 0.3) is 0 Å². The summed E-state index contributed by atoms with van der Waals surface area (Å²) in [6, 6.07) is 8.72. The van der Waals surface area contributed by atoms with Gasteiger partial charge in [-0.15, -0.1) is 0 Å². The Hall–Kier alpha value is -3.07. The molecule has 0 unspecified atom stereocenters. The number of hydrogen-bond donors (Lipinski definition) is 0. The highest BCUT2D eigenvalue weighted by Gasteiger charge is 2.07. The molecule has 0 aliphatic rings. The minimum absolute atomic E-state index is 0.141. The quantitative estimate of drug-likeness (QED) is 0.599. The average molecular weight is 309 g/mol. The monoisotopic (exact) mass is 309 g/mol. The number of pyridine rings is 2. The second-order valence-corrected chi connectivity index (χ2v) is 4.83. The van der Waals surface area contributed by atoms with Crippen molar-refractivity contribution in [3.8, 4) is 6.07 Å². The fourth-order valence-electron chi connectivity index (χ4n) is 1.98. The van der Waals surface area contributed by atoms with E-state index in [0.29, 0.717) is 24.0 Å². The number of rotatable bonds is 6. The topological polar surface area (TPSA) is 92.9 Å². The molecule has 2 aromatic heterocycles. The maximum atomic E-state index is 11.5. The zero-order chi connectivity index (χ0) is 16.7. The van der Waals surface area contributed by atoms with Gasteiger partial charge in [-0.25, -0.2) is 4.79 Å². The molecule has 0 atom stereocenters. The number of Topliss-reactive ketones (excluding diaryl/α,β-unsaturated/α-hetero) is 1. The van der Waals surface area contributed by atoms with E-state index in [1.807, 2.05) is 6.07 Å². The van der Waals surface area contributed by atoms with Gasteiger partial charge in [-0.3, -0.25) is 14.8 Å². The van der Waals surface area contributed by atoms with Gasteiger partial charge in [0.15, 0.2) is 5.78 Å². The third kappa shape index (κ3) is 4.45. The van der Waals surface area contributed by atoms with Crippen molar-refractivity contribution in [3.05, 3.63) is 59.2 Å². The summed E-state index contributed by atoms with van der Waals surface area (Å²) < 4.78 is 4.62. The van der Waals surface area contributed by atoms with Crippen molar-refractivity contribution in [1.82, 2.24) is 9.97 Å².